The lowest BCUT2D eigenvalue weighted by Crippen LogP contribution is -1.61. The molecule has 0 amide bonds. The van der Waals surface area contributed by atoms with Crippen molar-refractivity contribution in [3.8, 4) is 11.5 Å². The van der Waals surface area contributed by atoms with Gasteiger partial charge in [0.1, 0.15) is 11.5 Å². The highest BCUT2D eigenvalue weighted by molar-refractivity contribution is 5.28. The maximum Gasteiger partial charge on any atom is 0.115 e. The molecule has 42 valence electrons. The second kappa shape index (κ2) is 1.74. The van der Waals surface area contributed by atoms with E-state index in [1.165, 1.54) is 0 Å². The van der Waals surface area contributed by atoms with Crippen molar-refractivity contribution in [3.63, 3.8) is 0 Å². The van der Waals surface area contributed by atoms with Crippen LogP contribution >= 0.6 is 0 Å². The fourth-order valence-electron chi connectivity index (χ4n) is 0.299. The number of phenols is 2. The van der Waals surface area contributed by atoms with E-state index in [0.29, 0.717) is 0 Å². The van der Waals surface area contributed by atoms with E-state index in [1.807, 2.05) is 0 Å². The van der Waals surface area contributed by atoms with E-state index < -0.39 is 35.7 Å². The molecular weight excluding hydrogens is 104 g/mol. The smallest absolute Gasteiger partial charge is 0.115 e. The van der Waals surface area contributed by atoms with Crippen molar-refractivity contribution in [1.82, 2.24) is 0 Å². The van der Waals surface area contributed by atoms with Crippen LogP contribution in [0.15, 0.2) is 24.2 Å². The summed E-state index contributed by atoms with van der Waals surface area (Å²) in [5.41, 5.74) is 0. The first-order valence-electron chi connectivity index (χ1n) is 3.95. The average molecular weight is 114 g/mol. The summed E-state index contributed by atoms with van der Waals surface area (Å²) in [5, 5.41) is 17.9. The largest absolute Gasteiger partial charge is 0.508 e. The van der Waals surface area contributed by atoms with Crippen LogP contribution in [0, 0.1) is 0 Å². The Morgan fingerprint density at radius 2 is 1.25 bits per heavy atom. The molecule has 0 saturated heterocycles. The molecule has 2 nitrogen and oxygen atoms in total. The number of benzene rings is 1. The minimum absolute atomic E-state index is 0.631. The van der Waals surface area contributed by atoms with Crippen molar-refractivity contribution in [2.45, 2.75) is 0 Å². The molecule has 2 heteroatoms. The number of aromatic hydroxyl groups is 2. The number of rotatable bonds is 0. The third kappa shape index (κ3) is 0.904. The summed E-state index contributed by atoms with van der Waals surface area (Å²) in [7, 11) is 0. The summed E-state index contributed by atoms with van der Waals surface area (Å²) in [6.45, 7) is 0. The van der Waals surface area contributed by atoms with Gasteiger partial charge in [-0.2, -0.15) is 0 Å². The van der Waals surface area contributed by atoms with E-state index in [-0.39, 0.29) is 0 Å². The van der Waals surface area contributed by atoms with Crippen molar-refractivity contribution >= 4 is 0 Å². The summed E-state index contributed by atoms with van der Waals surface area (Å²) < 4.78 is 28.1. The first kappa shape index (κ1) is 1.97. The maximum atomic E-state index is 8.97. The molecule has 0 atom stereocenters. The van der Waals surface area contributed by atoms with Crippen molar-refractivity contribution in [3.05, 3.63) is 24.2 Å². The van der Waals surface area contributed by atoms with E-state index in [0.717, 1.165) is 0 Å². The van der Waals surface area contributed by atoms with E-state index >= 15 is 0 Å². The van der Waals surface area contributed by atoms with Gasteiger partial charge in [-0.1, -0.05) is 0 Å². The lowest BCUT2D eigenvalue weighted by molar-refractivity contribution is 0.460. The first-order valence-corrected chi connectivity index (χ1v) is 1.95. The Bertz CT molecular complexity index is 232. The summed E-state index contributed by atoms with van der Waals surface area (Å²) in [4.78, 5) is 0. The minimum atomic E-state index is -0.747. The number of hydrogen-bond acceptors (Lipinski definition) is 2. The Hall–Kier alpha value is -1.18. The Kier molecular flexibility index (Phi) is 0.429. The zero-order chi connectivity index (χ0) is 9.46. The van der Waals surface area contributed by atoms with Gasteiger partial charge in [-0.25, -0.2) is 0 Å². The zero-order valence-corrected chi connectivity index (χ0v) is 3.89. The van der Waals surface area contributed by atoms with Gasteiger partial charge in [0.25, 0.3) is 0 Å². The van der Waals surface area contributed by atoms with Gasteiger partial charge in [0.15, 0.2) is 0 Å². The molecule has 0 spiro atoms. The second-order valence-electron chi connectivity index (χ2n) is 1.20. The fourth-order valence-corrected chi connectivity index (χ4v) is 0.299. The van der Waals surface area contributed by atoms with Crippen LogP contribution < -0.4 is 0 Å². The van der Waals surface area contributed by atoms with Crippen LogP contribution in [0.2, 0.25) is 0 Å². The molecule has 0 bridgehead atoms. The quantitative estimate of drug-likeness (QED) is 0.496. The van der Waals surface area contributed by atoms with Crippen LogP contribution in [0.3, 0.4) is 0 Å². The molecule has 1 aromatic rings. The Morgan fingerprint density at radius 1 is 1.00 bits per heavy atom. The van der Waals surface area contributed by atoms with Crippen LogP contribution in [-0.4, -0.2) is 10.2 Å². The lowest BCUT2D eigenvalue weighted by Gasteiger charge is -1.88. The Labute approximate surface area is 52.6 Å². The van der Waals surface area contributed by atoms with Gasteiger partial charge in [-0.05, 0) is 24.2 Å². The monoisotopic (exact) mass is 114 g/mol. The van der Waals surface area contributed by atoms with Gasteiger partial charge in [0.05, 0.1) is 5.48 Å². The molecular formula is C6H6O2. The molecule has 8 heavy (non-hydrogen) atoms. The zero-order valence-electron chi connectivity index (χ0n) is 7.89. The fraction of sp³-hybridized carbons (Fsp3) is 0. The van der Waals surface area contributed by atoms with Gasteiger partial charge >= 0.3 is 0 Å². The third-order valence-electron chi connectivity index (χ3n) is 0.599. The van der Waals surface area contributed by atoms with Crippen molar-refractivity contribution < 1.29 is 15.7 Å². The van der Waals surface area contributed by atoms with Crippen LogP contribution in [0.1, 0.15) is 5.48 Å². The Balaban J connectivity index is 3.60. The van der Waals surface area contributed by atoms with E-state index in [4.69, 9.17) is 15.7 Å². The molecule has 0 heterocycles. The molecule has 0 aliphatic carbocycles. The molecule has 1 rings (SSSR count). The molecule has 1 aromatic carbocycles. The second-order valence-corrected chi connectivity index (χ2v) is 1.20. The van der Waals surface area contributed by atoms with Crippen LogP contribution in [-0.2, 0) is 0 Å². The molecule has 0 saturated carbocycles. The molecule has 0 aliphatic rings. The van der Waals surface area contributed by atoms with Gasteiger partial charge in [-0.3, -0.25) is 0 Å². The summed E-state index contributed by atoms with van der Waals surface area (Å²) in [6.07, 6.45) is 0. The van der Waals surface area contributed by atoms with Crippen LogP contribution in [0.4, 0.5) is 0 Å². The number of hydrogen-bond donors (Lipinski definition) is 2. The summed E-state index contributed by atoms with van der Waals surface area (Å²) in [6, 6.07) is -2.52. The molecule has 2 N–H and O–H groups in total. The predicted molar refractivity (Wildman–Crippen MR) is 29.8 cm³/mol. The molecule has 0 aromatic heterocycles. The topological polar surface area (TPSA) is 40.5 Å². The molecule has 0 fully saturated rings. The summed E-state index contributed by atoms with van der Waals surface area (Å²) in [5.74, 6) is -1.49. The van der Waals surface area contributed by atoms with Crippen molar-refractivity contribution in [2.24, 2.45) is 0 Å². The van der Waals surface area contributed by atoms with Gasteiger partial charge in [0, 0.05) is 0 Å². The normalized spacial score (nSPS) is 16.0. The standard InChI is InChI=1S/C6H6O2/c7-5-1-2-6(8)4-3-5/h1-4,7-8H/i1D,2D,3D,4D. The van der Waals surface area contributed by atoms with Gasteiger partial charge < -0.3 is 10.2 Å². The SMILES string of the molecule is [2H]c1c([2H])c(O)c([2H])c([2H])c1O. The molecule has 0 unspecified atom stereocenters. The third-order valence-corrected chi connectivity index (χ3v) is 0.599. The van der Waals surface area contributed by atoms with Gasteiger partial charge in [-0.15, -0.1) is 0 Å². The number of phenolic OH excluding ortho intramolecular Hbond substituents is 2. The van der Waals surface area contributed by atoms with E-state index in [9.17, 15) is 0 Å². The highest BCUT2D eigenvalue weighted by Crippen LogP contribution is 2.13. The van der Waals surface area contributed by atoms with Crippen molar-refractivity contribution in [2.75, 3.05) is 0 Å². The maximum absolute atomic E-state index is 8.97. The minimum Gasteiger partial charge on any atom is -0.508 e. The van der Waals surface area contributed by atoms with Crippen LogP contribution in [0.25, 0.3) is 0 Å². The average Bonchev–Trinajstić information content (AvgIpc) is 2.08. The van der Waals surface area contributed by atoms with E-state index in [2.05, 4.69) is 0 Å². The molecule has 0 aliphatic heterocycles. The molecule has 0 radical (unpaired) electrons. The first-order chi connectivity index (χ1) is 5.46. The van der Waals surface area contributed by atoms with Gasteiger partial charge in [0.2, 0.25) is 0 Å². The highest BCUT2D eigenvalue weighted by atomic mass is 16.3. The van der Waals surface area contributed by atoms with E-state index in [1.54, 1.807) is 0 Å². The highest BCUT2D eigenvalue weighted by Gasteiger charge is 1.84. The predicted octanol–water partition coefficient (Wildman–Crippen LogP) is 1.10. The van der Waals surface area contributed by atoms with Crippen LogP contribution in [0.5, 0.6) is 11.5 Å². The lowest BCUT2D eigenvalue weighted by atomic mass is 10.3. The van der Waals surface area contributed by atoms with Crippen molar-refractivity contribution in [1.29, 1.82) is 0 Å². The Morgan fingerprint density at radius 3 is 1.50 bits per heavy atom. The summed E-state index contributed by atoms with van der Waals surface area (Å²) >= 11 is 0.